The lowest BCUT2D eigenvalue weighted by Crippen LogP contribution is -2.49. The summed E-state index contributed by atoms with van der Waals surface area (Å²) in [6, 6.07) is 8.08. The summed E-state index contributed by atoms with van der Waals surface area (Å²) in [5.41, 5.74) is 7.37. The van der Waals surface area contributed by atoms with Gasteiger partial charge in [-0.1, -0.05) is 0 Å². The van der Waals surface area contributed by atoms with Gasteiger partial charge >= 0.3 is 0 Å². The largest absolute Gasteiger partial charge is 0.484 e. The summed E-state index contributed by atoms with van der Waals surface area (Å²) in [5.74, 6) is 0.619. The molecule has 4 rings (SSSR count). The zero-order chi connectivity index (χ0) is 20.4. The minimum absolute atomic E-state index is 0.190. The van der Waals surface area contributed by atoms with Crippen molar-refractivity contribution in [3.8, 4) is 5.75 Å². The maximum atomic E-state index is 12.9. The number of sulfonamides is 1. The van der Waals surface area contributed by atoms with Gasteiger partial charge in [0.15, 0.2) is 12.4 Å². The van der Waals surface area contributed by atoms with Crippen LogP contribution in [0.1, 0.15) is 17.7 Å². The Morgan fingerprint density at radius 3 is 2.48 bits per heavy atom. The van der Waals surface area contributed by atoms with Crippen LogP contribution < -0.4 is 15.4 Å². The van der Waals surface area contributed by atoms with Crippen LogP contribution in [0.4, 0.5) is 5.82 Å². The van der Waals surface area contributed by atoms with Crippen LogP contribution in [0.15, 0.2) is 35.2 Å². The summed E-state index contributed by atoms with van der Waals surface area (Å²) in [5, 5.41) is 8.64. The number of amides is 1. The van der Waals surface area contributed by atoms with Gasteiger partial charge in [0, 0.05) is 26.2 Å². The number of ether oxygens (including phenoxy) is 1. The Labute approximate surface area is 169 Å². The molecule has 1 aliphatic carbocycles. The lowest BCUT2D eigenvalue weighted by atomic mass is 10.2. The van der Waals surface area contributed by atoms with Gasteiger partial charge in [-0.3, -0.25) is 4.79 Å². The second kappa shape index (κ2) is 7.96. The van der Waals surface area contributed by atoms with Crippen molar-refractivity contribution in [2.24, 2.45) is 5.73 Å². The quantitative estimate of drug-likeness (QED) is 0.720. The molecular formula is C19H23N5O4S. The molecule has 9 nitrogen and oxygen atoms in total. The van der Waals surface area contributed by atoms with Gasteiger partial charge in [-0.05, 0) is 55.2 Å². The molecule has 0 unspecified atom stereocenters. The normalized spacial score (nSPS) is 17.2. The Hall–Kier alpha value is -2.72. The molecule has 1 aromatic heterocycles. The van der Waals surface area contributed by atoms with Crippen LogP contribution in [-0.4, -0.2) is 61.6 Å². The van der Waals surface area contributed by atoms with Crippen molar-refractivity contribution in [2.45, 2.75) is 24.2 Å². The topological polar surface area (TPSA) is 119 Å². The monoisotopic (exact) mass is 417 g/mol. The molecule has 0 spiro atoms. The Morgan fingerprint density at radius 1 is 1.07 bits per heavy atom. The van der Waals surface area contributed by atoms with Crippen molar-refractivity contribution in [1.82, 2.24) is 14.5 Å². The zero-order valence-electron chi connectivity index (χ0n) is 16.0. The number of primary amides is 1. The summed E-state index contributed by atoms with van der Waals surface area (Å²) in [6.45, 7) is 1.63. The smallest absolute Gasteiger partial charge is 0.255 e. The van der Waals surface area contributed by atoms with Gasteiger partial charge in [-0.2, -0.15) is 9.40 Å². The molecule has 0 bridgehead atoms. The number of benzene rings is 1. The van der Waals surface area contributed by atoms with Crippen LogP contribution in [0.5, 0.6) is 5.75 Å². The fourth-order valence-corrected chi connectivity index (χ4v) is 5.06. The summed E-state index contributed by atoms with van der Waals surface area (Å²) in [4.78, 5) is 13.0. The maximum absolute atomic E-state index is 12.9. The Kier molecular flexibility index (Phi) is 5.37. The van der Waals surface area contributed by atoms with Crippen molar-refractivity contribution in [1.29, 1.82) is 0 Å². The van der Waals surface area contributed by atoms with Crippen molar-refractivity contribution < 1.29 is 17.9 Å². The molecule has 0 atom stereocenters. The highest BCUT2D eigenvalue weighted by Crippen LogP contribution is 2.25. The average molecular weight is 417 g/mol. The number of aryl methyl sites for hydroxylation is 2. The van der Waals surface area contributed by atoms with Crippen molar-refractivity contribution >= 4 is 21.7 Å². The molecule has 29 heavy (non-hydrogen) atoms. The minimum Gasteiger partial charge on any atom is -0.484 e. The average Bonchev–Trinajstić information content (AvgIpc) is 3.20. The van der Waals surface area contributed by atoms with Crippen molar-refractivity contribution in [2.75, 3.05) is 37.7 Å². The lowest BCUT2D eigenvalue weighted by Gasteiger charge is -2.34. The number of hydrogen-bond acceptors (Lipinski definition) is 7. The van der Waals surface area contributed by atoms with Gasteiger partial charge in [0.05, 0.1) is 10.6 Å². The van der Waals surface area contributed by atoms with Gasteiger partial charge in [-0.25, -0.2) is 8.42 Å². The predicted octanol–water partition coefficient (Wildman–Crippen LogP) is 0.340. The first-order valence-electron chi connectivity index (χ1n) is 9.55. The van der Waals surface area contributed by atoms with Crippen LogP contribution in [0.3, 0.4) is 0 Å². The molecule has 1 aliphatic heterocycles. The number of rotatable bonds is 6. The van der Waals surface area contributed by atoms with Crippen LogP contribution in [0.25, 0.3) is 0 Å². The molecule has 1 saturated heterocycles. The highest BCUT2D eigenvalue weighted by atomic mass is 32.2. The second-order valence-electron chi connectivity index (χ2n) is 7.15. The van der Waals surface area contributed by atoms with Gasteiger partial charge in [0.1, 0.15) is 5.75 Å². The minimum atomic E-state index is -3.60. The third-order valence-electron chi connectivity index (χ3n) is 5.21. The predicted molar refractivity (Wildman–Crippen MR) is 106 cm³/mol. The second-order valence-corrected chi connectivity index (χ2v) is 9.08. The summed E-state index contributed by atoms with van der Waals surface area (Å²) < 4.78 is 32.5. The highest BCUT2D eigenvalue weighted by molar-refractivity contribution is 7.89. The molecular weight excluding hydrogens is 394 g/mol. The third kappa shape index (κ3) is 4.18. The molecule has 1 fully saturated rings. The molecule has 0 saturated carbocycles. The third-order valence-corrected chi connectivity index (χ3v) is 7.12. The molecule has 1 amide bonds. The van der Waals surface area contributed by atoms with E-state index in [1.165, 1.54) is 34.1 Å². The SMILES string of the molecule is NC(=O)COc1ccc(S(=O)(=O)N2CCN(c3cc4c(nn3)CCC4)CC2)cc1. The standard InChI is InChI=1S/C19H23N5O4S/c20-18(25)13-28-15-4-6-16(7-5-15)29(26,27)24-10-8-23(9-11-24)19-12-14-2-1-3-17(14)21-22-19/h4-7,12H,1-3,8-11,13H2,(H2,20,25). The molecule has 2 N–H and O–H groups in total. The number of fused-ring (bicyclic) bond motifs is 1. The number of piperazine rings is 1. The van der Waals surface area contributed by atoms with E-state index in [2.05, 4.69) is 21.2 Å². The van der Waals surface area contributed by atoms with E-state index in [1.807, 2.05) is 0 Å². The van der Waals surface area contributed by atoms with Crippen LogP contribution >= 0.6 is 0 Å². The number of aromatic nitrogens is 2. The number of carbonyl (C=O) groups excluding carboxylic acids is 1. The molecule has 0 radical (unpaired) electrons. The van der Waals surface area contributed by atoms with Gasteiger partial charge in [-0.15, -0.1) is 5.10 Å². The van der Waals surface area contributed by atoms with Crippen LogP contribution in [-0.2, 0) is 27.7 Å². The molecule has 2 aromatic rings. The van der Waals surface area contributed by atoms with Crippen molar-refractivity contribution in [3.63, 3.8) is 0 Å². The summed E-state index contributed by atoms with van der Waals surface area (Å²) >= 11 is 0. The number of anilines is 1. The fraction of sp³-hybridized carbons (Fsp3) is 0.421. The zero-order valence-corrected chi connectivity index (χ0v) is 16.8. The van der Waals surface area contributed by atoms with E-state index in [-0.39, 0.29) is 11.5 Å². The van der Waals surface area contributed by atoms with Gasteiger partial charge in [0.25, 0.3) is 5.91 Å². The number of hydrogen-bond donors (Lipinski definition) is 1. The molecule has 10 heteroatoms. The Balaban J connectivity index is 1.40. The molecule has 1 aromatic carbocycles. The first kappa shape index (κ1) is 19.6. The number of carbonyl (C=O) groups is 1. The number of nitrogens with two attached hydrogens (primary N) is 1. The van der Waals surface area contributed by atoms with Gasteiger partial charge < -0.3 is 15.4 Å². The molecule has 154 valence electrons. The first-order valence-corrected chi connectivity index (χ1v) is 11.0. The van der Waals surface area contributed by atoms with E-state index in [9.17, 15) is 13.2 Å². The van der Waals surface area contributed by atoms with Crippen LogP contribution in [0, 0.1) is 0 Å². The van der Waals surface area contributed by atoms with Crippen LogP contribution in [0.2, 0.25) is 0 Å². The highest BCUT2D eigenvalue weighted by Gasteiger charge is 2.29. The van der Waals surface area contributed by atoms with Crippen molar-refractivity contribution in [3.05, 3.63) is 41.6 Å². The summed E-state index contributed by atoms with van der Waals surface area (Å²) in [7, 11) is -3.60. The molecule has 2 heterocycles. The summed E-state index contributed by atoms with van der Waals surface area (Å²) in [6.07, 6.45) is 3.14. The Bertz CT molecular complexity index is 1000. The first-order chi connectivity index (χ1) is 13.9. The lowest BCUT2D eigenvalue weighted by molar-refractivity contribution is -0.119. The molecule has 2 aliphatic rings. The number of nitrogens with zero attached hydrogens (tertiary/aromatic N) is 4. The Morgan fingerprint density at radius 2 is 1.79 bits per heavy atom. The van der Waals surface area contributed by atoms with E-state index >= 15 is 0 Å². The van der Waals surface area contributed by atoms with E-state index < -0.39 is 15.9 Å². The van der Waals surface area contributed by atoms with Gasteiger partial charge in [0.2, 0.25) is 10.0 Å². The fourth-order valence-electron chi connectivity index (χ4n) is 3.64. The maximum Gasteiger partial charge on any atom is 0.255 e. The van der Waals surface area contributed by atoms with E-state index in [4.69, 9.17) is 10.5 Å². The van der Waals surface area contributed by atoms with E-state index in [0.717, 1.165) is 30.8 Å². The van der Waals surface area contributed by atoms with E-state index in [1.54, 1.807) is 0 Å². The van der Waals surface area contributed by atoms with E-state index in [0.29, 0.717) is 31.9 Å².